The van der Waals surface area contributed by atoms with Crippen LogP contribution in [0.1, 0.15) is 34.7 Å². The molecule has 0 saturated carbocycles. The average molecular weight is 412 g/mol. The molecule has 0 radical (unpaired) electrons. The van der Waals surface area contributed by atoms with Crippen LogP contribution in [0.25, 0.3) is 0 Å². The van der Waals surface area contributed by atoms with Gasteiger partial charge in [0.05, 0.1) is 0 Å². The number of nitrogens with one attached hydrogen (secondary N) is 2. The molecule has 4 rings (SSSR count). The highest BCUT2D eigenvalue weighted by Gasteiger charge is 2.37. The topological polar surface area (TPSA) is 117 Å². The second kappa shape index (κ2) is 8.93. The summed E-state index contributed by atoms with van der Waals surface area (Å²) in [5.74, 6) is -2.21. The first-order chi connectivity index (χ1) is 14.5. The fourth-order valence-electron chi connectivity index (χ4n) is 3.77. The lowest BCUT2D eigenvalue weighted by Gasteiger charge is -2.29. The van der Waals surface area contributed by atoms with Crippen molar-refractivity contribution >= 4 is 11.9 Å². The number of rotatable bonds is 5. The van der Waals surface area contributed by atoms with Crippen LogP contribution in [0.5, 0.6) is 0 Å². The molecule has 2 aliphatic heterocycles. The van der Waals surface area contributed by atoms with Crippen LogP contribution < -0.4 is 10.6 Å². The van der Waals surface area contributed by atoms with E-state index < -0.39 is 36.6 Å². The highest BCUT2D eigenvalue weighted by atomic mass is 16.6. The Morgan fingerprint density at radius 3 is 1.60 bits per heavy atom. The van der Waals surface area contributed by atoms with Gasteiger partial charge in [-0.3, -0.25) is 10.6 Å². The van der Waals surface area contributed by atoms with E-state index in [9.17, 15) is 19.8 Å². The molecule has 0 saturated heterocycles. The molecule has 4 atom stereocenters. The molecule has 2 aliphatic rings. The van der Waals surface area contributed by atoms with Gasteiger partial charge in [-0.1, -0.05) is 48.5 Å². The summed E-state index contributed by atoms with van der Waals surface area (Å²) in [6.07, 6.45) is -4.06. The second-order valence-corrected chi connectivity index (χ2v) is 7.33. The van der Waals surface area contributed by atoms with Crippen LogP contribution in [-0.4, -0.2) is 47.4 Å². The number of carbonyl (C=O) groups is 2. The zero-order valence-corrected chi connectivity index (χ0v) is 16.3. The number of fused-ring (bicyclic) bond motifs is 2. The summed E-state index contributed by atoms with van der Waals surface area (Å²) in [6.45, 7) is 1.20. The maximum atomic E-state index is 12.4. The maximum absolute atomic E-state index is 12.4. The maximum Gasteiger partial charge on any atom is 0.340 e. The lowest BCUT2D eigenvalue weighted by molar-refractivity contribution is -0.181. The Bertz CT molecular complexity index is 858. The molecule has 2 heterocycles. The summed E-state index contributed by atoms with van der Waals surface area (Å²) in [5, 5.41) is 26.5. The number of ether oxygens (including phenoxy) is 2. The Balaban J connectivity index is 1.38. The Morgan fingerprint density at radius 1 is 0.767 bits per heavy atom. The van der Waals surface area contributed by atoms with Crippen molar-refractivity contribution in [3.05, 3.63) is 70.8 Å². The number of aliphatic hydroxyl groups excluding tert-OH is 2. The zero-order chi connectivity index (χ0) is 21.1. The lowest BCUT2D eigenvalue weighted by Crippen LogP contribution is -2.45. The summed E-state index contributed by atoms with van der Waals surface area (Å²) < 4.78 is 10.6. The van der Waals surface area contributed by atoms with Gasteiger partial charge < -0.3 is 19.7 Å². The number of hydrogen-bond donors (Lipinski definition) is 4. The van der Waals surface area contributed by atoms with Crippen LogP contribution in [-0.2, 0) is 31.9 Å². The van der Waals surface area contributed by atoms with Crippen LogP contribution in [0, 0.1) is 0 Å². The first-order valence-electron chi connectivity index (χ1n) is 9.94. The fraction of sp³-hybridized carbons (Fsp3) is 0.364. The molecule has 0 fully saturated rings. The molecule has 158 valence electrons. The van der Waals surface area contributed by atoms with Crippen molar-refractivity contribution in [3.8, 4) is 0 Å². The first kappa shape index (κ1) is 20.5. The van der Waals surface area contributed by atoms with E-state index in [4.69, 9.17) is 9.47 Å². The van der Waals surface area contributed by atoms with E-state index in [2.05, 4.69) is 10.6 Å². The molecular formula is C22H24N2O6. The van der Waals surface area contributed by atoms with Gasteiger partial charge in [-0.25, -0.2) is 9.59 Å². The van der Waals surface area contributed by atoms with Crippen LogP contribution in [0.15, 0.2) is 48.5 Å². The van der Waals surface area contributed by atoms with Crippen molar-refractivity contribution in [1.29, 1.82) is 0 Å². The van der Waals surface area contributed by atoms with Crippen molar-refractivity contribution in [3.63, 3.8) is 0 Å². The summed E-state index contributed by atoms with van der Waals surface area (Å²) in [7, 11) is 0. The highest BCUT2D eigenvalue weighted by molar-refractivity contribution is 5.85. The van der Waals surface area contributed by atoms with Crippen molar-refractivity contribution in [2.45, 2.75) is 37.5 Å². The second-order valence-electron chi connectivity index (χ2n) is 7.33. The SMILES string of the molecule is O=C(OC1NCCc2ccccc21)C(O)C(O)C(=O)OC1NCCc2ccccc21. The zero-order valence-electron chi connectivity index (χ0n) is 16.3. The Hall–Kier alpha value is -2.78. The Morgan fingerprint density at radius 2 is 1.17 bits per heavy atom. The number of benzene rings is 2. The van der Waals surface area contributed by atoms with E-state index in [0.29, 0.717) is 13.1 Å². The van der Waals surface area contributed by atoms with Crippen molar-refractivity contribution in [1.82, 2.24) is 10.6 Å². The molecule has 0 aromatic heterocycles. The molecule has 2 aromatic rings. The average Bonchev–Trinajstić information content (AvgIpc) is 2.78. The molecule has 30 heavy (non-hydrogen) atoms. The number of aliphatic hydroxyl groups is 2. The van der Waals surface area contributed by atoms with Gasteiger partial charge in [0.25, 0.3) is 0 Å². The van der Waals surface area contributed by atoms with E-state index in [1.807, 2.05) is 48.5 Å². The number of carbonyl (C=O) groups excluding carboxylic acids is 2. The van der Waals surface area contributed by atoms with Gasteiger partial charge in [0.2, 0.25) is 0 Å². The summed E-state index contributed by atoms with van der Waals surface area (Å²) in [6, 6.07) is 15.0. The van der Waals surface area contributed by atoms with Crippen LogP contribution in [0.3, 0.4) is 0 Å². The van der Waals surface area contributed by atoms with Crippen LogP contribution >= 0.6 is 0 Å². The van der Waals surface area contributed by atoms with Gasteiger partial charge in [0, 0.05) is 24.2 Å². The smallest absolute Gasteiger partial charge is 0.340 e. The van der Waals surface area contributed by atoms with Gasteiger partial charge in [-0.15, -0.1) is 0 Å². The molecular weight excluding hydrogens is 388 g/mol. The molecule has 8 nitrogen and oxygen atoms in total. The van der Waals surface area contributed by atoms with Gasteiger partial charge in [-0.05, 0) is 24.0 Å². The summed E-state index contributed by atoms with van der Waals surface area (Å²) in [5.41, 5.74) is 3.63. The fourth-order valence-corrected chi connectivity index (χ4v) is 3.77. The predicted octanol–water partition coefficient (Wildman–Crippen LogP) is 0.484. The van der Waals surface area contributed by atoms with E-state index in [1.54, 1.807) is 0 Å². The van der Waals surface area contributed by atoms with Gasteiger partial charge >= 0.3 is 11.9 Å². The van der Waals surface area contributed by atoms with E-state index in [-0.39, 0.29) is 0 Å². The standard InChI is InChI=1S/C22H24N2O6/c25-17(21(27)29-19-15-7-3-1-5-13(15)9-11-23-19)18(26)22(28)30-20-16-8-4-2-6-14(16)10-12-24-20/h1-8,17-20,23-26H,9-12H2. The van der Waals surface area contributed by atoms with E-state index in [0.717, 1.165) is 35.1 Å². The van der Waals surface area contributed by atoms with Crippen molar-refractivity contribution < 1.29 is 29.3 Å². The third kappa shape index (κ3) is 4.22. The third-order valence-corrected chi connectivity index (χ3v) is 5.37. The minimum Gasteiger partial charge on any atom is -0.440 e. The minimum atomic E-state index is -2.06. The summed E-state index contributed by atoms with van der Waals surface area (Å²) >= 11 is 0. The normalized spacial score (nSPS) is 22.2. The van der Waals surface area contributed by atoms with Gasteiger partial charge in [0.15, 0.2) is 24.7 Å². The van der Waals surface area contributed by atoms with Gasteiger partial charge in [0.1, 0.15) is 0 Å². The molecule has 4 unspecified atom stereocenters. The number of hydrogen-bond acceptors (Lipinski definition) is 8. The lowest BCUT2D eigenvalue weighted by atomic mass is 10.00. The third-order valence-electron chi connectivity index (χ3n) is 5.37. The van der Waals surface area contributed by atoms with Crippen LogP contribution in [0.4, 0.5) is 0 Å². The predicted molar refractivity (Wildman–Crippen MR) is 106 cm³/mol. The van der Waals surface area contributed by atoms with E-state index >= 15 is 0 Å². The first-order valence-corrected chi connectivity index (χ1v) is 9.94. The van der Waals surface area contributed by atoms with Crippen molar-refractivity contribution in [2.75, 3.05) is 13.1 Å². The highest BCUT2D eigenvalue weighted by Crippen LogP contribution is 2.26. The minimum absolute atomic E-state index is 0.600. The molecule has 0 amide bonds. The summed E-state index contributed by atoms with van der Waals surface area (Å²) in [4.78, 5) is 24.7. The Kier molecular flexibility index (Phi) is 6.10. The molecule has 0 bridgehead atoms. The van der Waals surface area contributed by atoms with Crippen LogP contribution in [0.2, 0.25) is 0 Å². The van der Waals surface area contributed by atoms with Gasteiger partial charge in [-0.2, -0.15) is 0 Å². The monoisotopic (exact) mass is 412 g/mol. The largest absolute Gasteiger partial charge is 0.440 e. The molecule has 0 aliphatic carbocycles. The Labute approximate surface area is 173 Å². The molecule has 4 N–H and O–H groups in total. The quantitative estimate of drug-likeness (QED) is 0.524. The number of esters is 2. The molecule has 0 spiro atoms. The molecule has 2 aromatic carbocycles. The molecule has 8 heteroatoms. The van der Waals surface area contributed by atoms with Crippen molar-refractivity contribution in [2.24, 2.45) is 0 Å². The van der Waals surface area contributed by atoms with E-state index in [1.165, 1.54) is 0 Å².